The van der Waals surface area contributed by atoms with E-state index in [1.807, 2.05) is 0 Å². The van der Waals surface area contributed by atoms with Crippen LogP contribution in [0.5, 0.6) is 0 Å². The van der Waals surface area contributed by atoms with Crippen molar-refractivity contribution in [2.45, 2.75) is 4.90 Å². The van der Waals surface area contributed by atoms with Crippen LogP contribution in [0, 0.1) is 17.1 Å². The molecule has 0 heterocycles. The summed E-state index contributed by atoms with van der Waals surface area (Å²) in [4.78, 5) is 9.69. The van der Waals surface area contributed by atoms with Crippen LogP contribution in [-0.2, 0) is 19.6 Å². The Balaban J connectivity index is 2.73. The van der Waals surface area contributed by atoms with Gasteiger partial charge in [0.25, 0.3) is 0 Å². The predicted octanol–water partition coefficient (Wildman–Crippen LogP) is 0.0769. The highest BCUT2D eigenvalue weighted by Crippen LogP contribution is 2.17. The zero-order valence-electron chi connectivity index (χ0n) is 10.2. The predicted molar refractivity (Wildman–Crippen MR) is 64.8 cm³/mol. The zero-order chi connectivity index (χ0) is 15.2. The second-order valence-corrected chi connectivity index (χ2v) is 5.30. The van der Waals surface area contributed by atoms with Crippen molar-refractivity contribution in [3.05, 3.63) is 29.6 Å². The molecule has 0 fully saturated rings. The number of carboxylic acids is 1. The highest BCUT2D eigenvalue weighted by Gasteiger charge is 2.20. The lowest BCUT2D eigenvalue weighted by atomic mass is 10.2. The number of halogens is 1. The molecule has 0 aliphatic heterocycles. The van der Waals surface area contributed by atoms with Crippen LogP contribution in [0.1, 0.15) is 5.56 Å². The van der Waals surface area contributed by atoms with Gasteiger partial charge in [-0.15, -0.1) is 0 Å². The van der Waals surface area contributed by atoms with Crippen molar-refractivity contribution in [2.75, 3.05) is 19.8 Å². The Labute approximate surface area is 114 Å². The van der Waals surface area contributed by atoms with Gasteiger partial charge in [-0.05, 0) is 12.1 Å². The number of hydrogen-bond acceptors (Lipinski definition) is 5. The summed E-state index contributed by atoms with van der Waals surface area (Å²) in [5.74, 6) is -2.11. The summed E-state index contributed by atoms with van der Waals surface area (Å²) in [7, 11) is -4.07. The van der Waals surface area contributed by atoms with Gasteiger partial charge in [0, 0.05) is 6.54 Å². The Kier molecular flexibility index (Phi) is 5.57. The molecule has 108 valence electrons. The third kappa shape index (κ3) is 4.27. The van der Waals surface area contributed by atoms with E-state index in [1.165, 1.54) is 12.1 Å². The highest BCUT2D eigenvalue weighted by atomic mass is 32.2. The number of nitriles is 1. The second-order valence-electron chi connectivity index (χ2n) is 3.57. The van der Waals surface area contributed by atoms with Crippen LogP contribution in [0.25, 0.3) is 0 Å². The van der Waals surface area contributed by atoms with Crippen molar-refractivity contribution in [1.29, 1.82) is 5.26 Å². The number of rotatable bonds is 7. The molecule has 0 aliphatic rings. The summed E-state index contributed by atoms with van der Waals surface area (Å²) in [6.07, 6.45) is 0. The Bertz CT molecular complexity index is 639. The van der Waals surface area contributed by atoms with E-state index >= 15 is 0 Å². The minimum absolute atomic E-state index is 0.164. The van der Waals surface area contributed by atoms with Crippen LogP contribution in [0.15, 0.2) is 23.1 Å². The molecule has 0 atom stereocenters. The lowest BCUT2D eigenvalue weighted by molar-refractivity contribution is -0.142. The van der Waals surface area contributed by atoms with Gasteiger partial charge >= 0.3 is 5.97 Å². The monoisotopic (exact) mass is 302 g/mol. The van der Waals surface area contributed by atoms with Gasteiger partial charge in [0.15, 0.2) is 0 Å². The molecular weight excluding hydrogens is 291 g/mol. The molecule has 1 aromatic rings. The largest absolute Gasteiger partial charge is 0.480 e. The number of nitrogens with one attached hydrogen (secondary N) is 1. The van der Waals surface area contributed by atoms with Gasteiger partial charge in [-0.25, -0.2) is 22.3 Å². The molecule has 1 aromatic carbocycles. The first-order valence-electron chi connectivity index (χ1n) is 5.36. The maximum absolute atomic E-state index is 13.3. The maximum Gasteiger partial charge on any atom is 0.329 e. The van der Waals surface area contributed by atoms with Crippen LogP contribution in [0.2, 0.25) is 0 Å². The van der Waals surface area contributed by atoms with E-state index in [-0.39, 0.29) is 13.2 Å². The number of benzene rings is 1. The first-order valence-corrected chi connectivity index (χ1v) is 6.84. The van der Waals surface area contributed by atoms with Gasteiger partial charge < -0.3 is 9.84 Å². The SMILES string of the molecule is N#Cc1c(F)cccc1S(=O)(=O)NCCOCC(=O)O. The topological polar surface area (TPSA) is 116 Å². The van der Waals surface area contributed by atoms with Crippen molar-refractivity contribution in [2.24, 2.45) is 0 Å². The van der Waals surface area contributed by atoms with E-state index in [2.05, 4.69) is 9.46 Å². The fourth-order valence-corrected chi connectivity index (χ4v) is 2.50. The molecule has 0 bridgehead atoms. The Hall–Kier alpha value is -2.02. The van der Waals surface area contributed by atoms with E-state index in [1.54, 1.807) is 0 Å². The van der Waals surface area contributed by atoms with E-state index < -0.39 is 38.9 Å². The van der Waals surface area contributed by atoms with Gasteiger partial charge in [-0.1, -0.05) is 6.07 Å². The molecule has 0 spiro atoms. The fourth-order valence-electron chi connectivity index (χ4n) is 1.32. The molecule has 0 radical (unpaired) electrons. The average molecular weight is 302 g/mol. The quantitative estimate of drug-likeness (QED) is 0.689. The number of aliphatic carboxylic acids is 1. The molecule has 20 heavy (non-hydrogen) atoms. The smallest absolute Gasteiger partial charge is 0.329 e. The standard InChI is InChI=1S/C11H11FN2O5S/c12-9-2-1-3-10(8(9)6-13)20(17,18)14-4-5-19-7-11(15)16/h1-3,14H,4-5,7H2,(H,15,16). The van der Waals surface area contributed by atoms with Gasteiger partial charge in [0.05, 0.1) is 6.61 Å². The normalized spacial score (nSPS) is 11.0. The molecule has 0 saturated heterocycles. The molecular formula is C11H11FN2O5S. The Morgan fingerprint density at radius 2 is 2.20 bits per heavy atom. The molecule has 7 nitrogen and oxygen atoms in total. The minimum Gasteiger partial charge on any atom is -0.480 e. The third-order valence-corrected chi connectivity index (χ3v) is 3.64. The number of hydrogen-bond donors (Lipinski definition) is 2. The Morgan fingerprint density at radius 1 is 1.50 bits per heavy atom. The van der Waals surface area contributed by atoms with Crippen molar-refractivity contribution in [1.82, 2.24) is 4.72 Å². The molecule has 0 aliphatic carbocycles. The number of ether oxygens (including phenoxy) is 1. The summed E-state index contributed by atoms with van der Waals surface area (Å²) < 4.78 is 43.8. The molecule has 2 N–H and O–H groups in total. The maximum atomic E-state index is 13.3. The second kappa shape index (κ2) is 6.95. The lowest BCUT2D eigenvalue weighted by Gasteiger charge is -2.08. The van der Waals surface area contributed by atoms with Crippen LogP contribution in [-0.4, -0.2) is 39.3 Å². The summed E-state index contributed by atoms with van der Waals surface area (Å²) >= 11 is 0. The van der Waals surface area contributed by atoms with Gasteiger partial charge in [-0.3, -0.25) is 0 Å². The lowest BCUT2D eigenvalue weighted by Crippen LogP contribution is -2.28. The van der Waals surface area contributed by atoms with Crippen LogP contribution < -0.4 is 4.72 Å². The molecule has 0 unspecified atom stereocenters. The molecule has 0 amide bonds. The molecule has 0 aromatic heterocycles. The minimum atomic E-state index is -4.07. The molecule has 9 heteroatoms. The van der Waals surface area contributed by atoms with Crippen molar-refractivity contribution >= 4 is 16.0 Å². The first kappa shape index (κ1) is 16.0. The summed E-state index contributed by atoms with van der Waals surface area (Å²) in [5, 5.41) is 17.1. The van der Waals surface area contributed by atoms with E-state index in [4.69, 9.17) is 10.4 Å². The Morgan fingerprint density at radius 3 is 2.80 bits per heavy atom. The first-order chi connectivity index (χ1) is 9.38. The van der Waals surface area contributed by atoms with Crippen molar-refractivity contribution < 1.29 is 27.4 Å². The van der Waals surface area contributed by atoms with Crippen molar-refractivity contribution in [3.63, 3.8) is 0 Å². The number of sulfonamides is 1. The summed E-state index contributed by atoms with van der Waals surface area (Å²) in [6, 6.07) is 4.73. The van der Waals surface area contributed by atoms with Crippen LogP contribution in [0.4, 0.5) is 4.39 Å². The van der Waals surface area contributed by atoms with E-state index in [0.717, 1.165) is 12.1 Å². The highest BCUT2D eigenvalue weighted by molar-refractivity contribution is 7.89. The van der Waals surface area contributed by atoms with Gasteiger partial charge in [0.1, 0.15) is 29.0 Å². The summed E-state index contributed by atoms with van der Waals surface area (Å²) in [5.41, 5.74) is -0.577. The van der Waals surface area contributed by atoms with Crippen LogP contribution in [0.3, 0.4) is 0 Å². The zero-order valence-corrected chi connectivity index (χ0v) is 11.0. The number of nitrogens with zero attached hydrogens (tertiary/aromatic N) is 1. The van der Waals surface area contributed by atoms with Crippen molar-refractivity contribution in [3.8, 4) is 6.07 Å². The molecule has 1 rings (SSSR count). The van der Waals surface area contributed by atoms with Gasteiger partial charge in [0.2, 0.25) is 10.0 Å². The third-order valence-electron chi connectivity index (χ3n) is 2.14. The van der Waals surface area contributed by atoms with E-state index in [0.29, 0.717) is 0 Å². The fraction of sp³-hybridized carbons (Fsp3) is 0.273. The number of carbonyl (C=O) groups is 1. The van der Waals surface area contributed by atoms with E-state index in [9.17, 15) is 17.6 Å². The van der Waals surface area contributed by atoms with Gasteiger partial charge in [-0.2, -0.15) is 5.26 Å². The average Bonchev–Trinajstić information content (AvgIpc) is 2.37. The van der Waals surface area contributed by atoms with Crippen LogP contribution >= 0.6 is 0 Å². The molecule has 0 saturated carbocycles. The number of carboxylic acid groups (broad SMARTS) is 1. The summed E-state index contributed by atoms with van der Waals surface area (Å²) in [6.45, 7) is -0.912.